The fourth-order valence-electron chi connectivity index (χ4n) is 4.64. The van der Waals surface area contributed by atoms with E-state index in [1.165, 1.54) is 11.1 Å². The predicted molar refractivity (Wildman–Crippen MR) is 120 cm³/mol. The van der Waals surface area contributed by atoms with Gasteiger partial charge in [-0.3, -0.25) is 4.79 Å². The van der Waals surface area contributed by atoms with E-state index in [0.717, 1.165) is 23.7 Å². The molecule has 1 aliphatic heterocycles. The first-order valence-electron chi connectivity index (χ1n) is 10.8. The van der Waals surface area contributed by atoms with Gasteiger partial charge in [-0.05, 0) is 89.8 Å². The molecule has 0 N–H and O–H groups in total. The van der Waals surface area contributed by atoms with Crippen molar-refractivity contribution in [3.8, 4) is 0 Å². The van der Waals surface area contributed by atoms with Gasteiger partial charge in [-0.25, -0.2) is 4.79 Å². The first kappa shape index (κ1) is 23.1. The number of esters is 1. The van der Waals surface area contributed by atoms with Crippen LogP contribution in [-0.4, -0.2) is 41.3 Å². The molecule has 0 spiro atoms. The van der Waals surface area contributed by atoms with E-state index in [9.17, 15) is 9.59 Å². The normalized spacial score (nSPS) is 22.6. The fourth-order valence-corrected chi connectivity index (χ4v) is 5.22. The standard InChI is InChI=1S/C24H34BrNO4/c1-23(2,3)29-21(27)20(18-11-10-17-16(18)8-7-9-19(17)25)15-12-13-26(14-15)22(28)30-24(4,5)6/h7-9,15,18,20H,10-14H2,1-6H3/t15-,18?,20?/m0/s1. The van der Waals surface area contributed by atoms with Crippen molar-refractivity contribution in [3.63, 3.8) is 0 Å². The van der Waals surface area contributed by atoms with Gasteiger partial charge in [0.25, 0.3) is 0 Å². The second-order valence-corrected chi connectivity index (χ2v) is 11.3. The summed E-state index contributed by atoms with van der Waals surface area (Å²) in [6.07, 6.45) is 2.35. The minimum atomic E-state index is -0.544. The lowest BCUT2D eigenvalue weighted by Gasteiger charge is -2.31. The van der Waals surface area contributed by atoms with E-state index in [2.05, 4.69) is 28.1 Å². The summed E-state index contributed by atoms with van der Waals surface area (Å²) in [6.45, 7) is 12.5. The quantitative estimate of drug-likeness (QED) is 0.522. The number of carbonyl (C=O) groups excluding carboxylic acids is 2. The second kappa shape index (κ2) is 8.52. The number of hydrogen-bond acceptors (Lipinski definition) is 4. The van der Waals surface area contributed by atoms with Gasteiger partial charge in [0.1, 0.15) is 11.2 Å². The van der Waals surface area contributed by atoms with E-state index in [4.69, 9.17) is 9.47 Å². The average Bonchev–Trinajstić information content (AvgIpc) is 3.21. The fraction of sp³-hybridized carbons (Fsp3) is 0.667. The van der Waals surface area contributed by atoms with Crippen LogP contribution < -0.4 is 0 Å². The Hall–Kier alpha value is -1.56. The number of likely N-dealkylation sites (tertiary alicyclic amines) is 1. The first-order chi connectivity index (χ1) is 13.9. The Morgan fingerprint density at radius 3 is 2.37 bits per heavy atom. The van der Waals surface area contributed by atoms with Crippen molar-refractivity contribution in [1.29, 1.82) is 0 Å². The molecule has 2 unspecified atom stereocenters. The largest absolute Gasteiger partial charge is 0.460 e. The van der Waals surface area contributed by atoms with E-state index >= 15 is 0 Å². The van der Waals surface area contributed by atoms with E-state index in [1.54, 1.807) is 4.90 Å². The van der Waals surface area contributed by atoms with Gasteiger partial charge >= 0.3 is 12.1 Å². The zero-order valence-corrected chi connectivity index (χ0v) is 20.5. The molecule has 6 heteroatoms. The van der Waals surface area contributed by atoms with Gasteiger partial charge in [-0.1, -0.05) is 28.1 Å². The third-order valence-corrected chi connectivity index (χ3v) is 6.50. The molecule has 0 saturated carbocycles. The van der Waals surface area contributed by atoms with E-state index in [-0.39, 0.29) is 29.8 Å². The van der Waals surface area contributed by atoms with Crippen LogP contribution in [-0.2, 0) is 20.7 Å². The van der Waals surface area contributed by atoms with Gasteiger partial charge in [0.15, 0.2) is 0 Å². The Kier molecular flexibility index (Phi) is 6.57. The van der Waals surface area contributed by atoms with Crippen LogP contribution in [0.4, 0.5) is 4.79 Å². The van der Waals surface area contributed by atoms with Crippen molar-refractivity contribution in [2.24, 2.45) is 11.8 Å². The summed E-state index contributed by atoms with van der Waals surface area (Å²) >= 11 is 3.66. The Bertz CT molecular complexity index is 808. The van der Waals surface area contributed by atoms with Crippen LogP contribution in [0.25, 0.3) is 0 Å². The Morgan fingerprint density at radius 1 is 1.07 bits per heavy atom. The monoisotopic (exact) mass is 479 g/mol. The Labute approximate surface area is 188 Å². The lowest BCUT2D eigenvalue weighted by atomic mass is 9.78. The molecular formula is C24H34BrNO4. The maximum atomic E-state index is 13.4. The lowest BCUT2D eigenvalue weighted by molar-refractivity contribution is -0.163. The number of ether oxygens (including phenoxy) is 2. The highest BCUT2D eigenvalue weighted by Gasteiger charge is 2.45. The minimum Gasteiger partial charge on any atom is -0.460 e. The summed E-state index contributed by atoms with van der Waals surface area (Å²) in [5.41, 5.74) is 1.45. The maximum Gasteiger partial charge on any atom is 0.410 e. The molecule has 1 aromatic carbocycles. The van der Waals surface area contributed by atoms with Crippen LogP contribution in [0.1, 0.15) is 71.4 Å². The molecule has 3 atom stereocenters. The number of amides is 1. The molecule has 0 aromatic heterocycles. The van der Waals surface area contributed by atoms with Gasteiger partial charge in [0.2, 0.25) is 0 Å². The van der Waals surface area contributed by atoms with Crippen LogP contribution in [0.2, 0.25) is 0 Å². The van der Waals surface area contributed by atoms with Crippen LogP contribution in [0.3, 0.4) is 0 Å². The maximum absolute atomic E-state index is 13.4. The van der Waals surface area contributed by atoms with E-state index < -0.39 is 11.2 Å². The molecule has 1 heterocycles. The molecule has 1 fully saturated rings. The van der Waals surface area contributed by atoms with Gasteiger partial charge in [0.05, 0.1) is 5.92 Å². The Balaban J connectivity index is 1.85. The van der Waals surface area contributed by atoms with E-state index in [0.29, 0.717) is 13.1 Å². The van der Waals surface area contributed by atoms with Crippen LogP contribution in [0.5, 0.6) is 0 Å². The molecule has 5 nitrogen and oxygen atoms in total. The SMILES string of the molecule is CC(C)(C)OC(=O)C(C1CCc2c(Br)cccc21)[C@H]1CCN(C(=O)OC(C)(C)C)C1. The zero-order valence-electron chi connectivity index (χ0n) is 19.0. The van der Waals surface area contributed by atoms with Gasteiger partial charge < -0.3 is 14.4 Å². The molecule has 0 radical (unpaired) electrons. The highest BCUT2D eigenvalue weighted by Crippen LogP contribution is 2.46. The van der Waals surface area contributed by atoms with Gasteiger partial charge in [0, 0.05) is 17.6 Å². The van der Waals surface area contributed by atoms with Gasteiger partial charge in [-0.15, -0.1) is 0 Å². The summed E-state index contributed by atoms with van der Waals surface area (Å²) in [5, 5.41) is 0. The van der Waals surface area contributed by atoms with Crippen LogP contribution >= 0.6 is 15.9 Å². The molecular weight excluding hydrogens is 446 g/mol. The summed E-state index contributed by atoms with van der Waals surface area (Å²) in [7, 11) is 0. The summed E-state index contributed by atoms with van der Waals surface area (Å²) in [6, 6.07) is 6.23. The minimum absolute atomic E-state index is 0.0577. The number of halogens is 1. The number of hydrogen-bond donors (Lipinski definition) is 0. The molecule has 1 aromatic rings. The molecule has 1 saturated heterocycles. The third kappa shape index (κ3) is 5.37. The number of carbonyl (C=O) groups is 2. The third-order valence-electron chi connectivity index (χ3n) is 5.76. The topological polar surface area (TPSA) is 55.8 Å². The number of fused-ring (bicyclic) bond motifs is 1. The highest BCUT2D eigenvalue weighted by molar-refractivity contribution is 9.10. The summed E-state index contributed by atoms with van der Waals surface area (Å²) < 4.78 is 12.5. The van der Waals surface area contributed by atoms with Crippen molar-refractivity contribution >= 4 is 28.0 Å². The number of rotatable bonds is 3. The highest BCUT2D eigenvalue weighted by atomic mass is 79.9. The Morgan fingerprint density at radius 2 is 1.73 bits per heavy atom. The molecule has 3 rings (SSSR count). The lowest BCUT2D eigenvalue weighted by Crippen LogP contribution is -2.39. The second-order valence-electron chi connectivity index (χ2n) is 10.5. The van der Waals surface area contributed by atoms with Crippen LogP contribution in [0.15, 0.2) is 22.7 Å². The van der Waals surface area contributed by atoms with Crippen molar-refractivity contribution < 1.29 is 19.1 Å². The average molecular weight is 480 g/mol. The molecule has 2 aliphatic rings. The van der Waals surface area contributed by atoms with E-state index in [1.807, 2.05) is 47.6 Å². The number of benzene rings is 1. The van der Waals surface area contributed by atoms with Crippen LogP contribution in [0, 0.1) is 11.8 Å². The van der Waals surface area contributed by atoms with Gasteiger partial charge in [-0.2, -0.15) is 0 Å². The van der Waals surface area contributed by atoms with Crippen molar-refractivity contribution in [2.75, 3.05) is 13.1 Å². The number of nitrogens with zero attached hydrogens (tertiary/aromatic N) is 1. The predicted octanol–water partition coefficient (Wildman–Crippen LogP) is 5.69. The molecule has 166 valence electrons. The first-order valence-corrected chi connectivity index (χ1v) is 11.6. The summed E-state index contributed by atoms with van der Waals surface area (Å²) in [4.78, 5) is 27.7. The molecule has 1 aliphatic carbocycles. The summed E-state index contributed by atoms with van der Waals surface area (Å²) in [5.74, 6) is -0.262. The molecule has 0 bridgehead atoms. The van der Waals surface area contributed by atoms with Crippen molar-refractivity contribution in [2.45, 2.75) is 77.9 Å². The zero-order chi connectivity index (χ0) is 22.3. The molecule has 30 heavy (non-hydrogen) atoms. The smallest absolute Gasteiger partial charge is 0.410 e. The van der Waals surface area contributed by atoms with Crippen molar-refractivity contribution in [1.82, 2.24) is 4.90 Å². The van der Waals surface area contributed by atoms with Crippen molar-refractivity contribution in [3.05, 3.63) is 33.8 Å². The molecule has 1 amide bonds.